The van der Waals surface area contributed by atoms with E-state index < -0.39 is 14.9 Å². The van der Waals surface area contributed by atoms with Gasteiger partial charge in [0.2, 0.25) is 10.0 Å². The van der Waals surface area contributed by atoms with Crippen LogP contribution in [0.1, 0.15) is 19.3 Å². The van der Waals surface area contributed by atoms with Crippen LogP contribution >= 0.6 is 0 Å². The van der Waals surface area contributed by atoms with Crippen molar-refractivity contribution in [2.75, 3.05) is 19.3 Å². The lowest BCUT2D eigenvalue weighted by molar-refractivity contribution is -0.384. The number of nitro groups is 1. The Morgan fingerprint density at radius 3 is 2.55 bits per heavy atom. The van der Waals surface area contributed by atoms with Crippen LogP contribution in [0.3, 0.4) is 0 Å². The minimum atomic E-state index is -3.70. The molecule has 0 aromatic heterocycles. The fourth-order valence-corrected chi connectivity index (χ4v) is 3.53. The summed E-state index contributed by atoms with van der Waals surface area (Å²) in [5.41, 5.74) is 5.33. The Hall–Kier alpha value is -1.67. The number of sulfonamides is 1. The number of nitrogen functional groups attached to an aromatic ring is 1. The Kier molecular flexibility index (Phi) is 3.96. The van der Waals surface area contributed by atoms with Crippen LogP contribution in [0.5, 0.6) is 0 Å². The molecule has 0 bridgehead atoms. The third-order valence-electron chi connectivity index (χ3n) is 3.63. The van der Waals surface area contributed by atoms with Crippen LogP contribution in [0, 0.1) is 16.0 Å². The minimum Gasteiger partial charge on any atom is -0.397 e. The lowest BCUT2D eigenvalue weighted by Crippen LogP contribution is -2.34. The lowest BCUT2D eigenvalue weighted by atomic mass is 9.86. The molecule has 1 saturated carbocycles. The molecule has 1 fully saturated rings. The van der Waals surface area contributed by atoms with Crippen molar-refractivity contribution in [1.29, 1.82) is 0 Å². The maximum absolute atomic E-state index is 12.4. The van der Waals surface area contributed by atoms with Gasteiger partial charge in [-0.2, -0.15) is 0 Å². The Bertz CT molecular complexity index is 626. The molecule has 8 heteroatoms. The first-order valence-electron chi connectivity index (χ1n) is 6.32. The topological polar surface area (TPSA) is 107 Å². The van der Waals surface area contributed by atoms with Gasteiger partial charge in [0.15, 0.2) is 0 Å². The van der Waals surface area contributed by atoms with Crippen molar-refractivity contribution in [3.63, 3.8) is 0 Å². The molecular weight excluding hydrogens is 282 g/mol. The largest absolute Gasteiger partial charge is 0.397 e. The molecule has 0 spiro atoms. The average molecular weight is 299 g/mol. The number of anilines is 1. The zero-order valence-electron chi connectivity index (χ0n) is 11.2. The van der Waals surface area contributed by atoms with Crippen LogP contribution in [0.15, 0.2) is 23.1 Å². The highest BCUT2D eigenvalue weighted by Gasteiger charge is 2.28. The van der Waals surface area contributed by atoms with Gasteiger partial charge in [0, 0.05) is 25.7 Å². The maximum atomic E-state index is 12.4. The highest BCUT2D eigenvalue weighted by molar-refractivity contribution is 7.89. The number of hydrogen-bond acceptors (Lipinski definition) is 5. The van der Waals surface area contributed by atoms with Gasteiger partial charge in [-0.25, -0.2) is 12.7 Å². The normalized spacial score (nSPS) is 16.1. The highest BCUT2D eigenvalue weighted by atomic mass is 32.2. The second-order valence-corrected chi connectivity index (χ2v) is 7.08. The summed E-state index contributed by atoms with van der Waals surface area (Å²) in [6, 6.07) is 3.42. The molecule has 0 atom stereocenters. The predicted octanol–water partition coefficient (Wildman–Crippen LogP) is 1.60. The van der Waals surface area contributed by atoms with E-state index in [2.05, 4.69) is 0 Å². The van der Waals surface area contributed by atoms with Gasteiger partial charge in [-0.15, -0.1) is 0 Å². The van der Waals surface area contributed by atoms with E-state index in [9.17, 15) is 18.5 Å². The smallest absolute Gasteiger partial charge is 0.271 e. The van der Waals surface area contributed by atoms with Crippen molar-refractivity contribution < 1.29 is 13.3 Å². The Labute approximate surface area is 117 Å². The summed E-state index contributed by atoms with van der Waals surface area (Å²) in [4.78, 5) is 9.94. The molecule has 0 saturated heterocycles. The van der Waals surface area contributed by atoms with E-state index in [0.717, 1.165) is 31.4 Å². The molecule has 2 N–H and O–H groups in total. The number of nitro benzene ring substituents is 1. The SMILES string of the molecule is CN(CC1CCC1)S(=O)(=O)c1ccc([N+](=O)[O-])cc1N. The monoisotopic (exact) mass is 299 g/mol. The zero-order chi connectivity index (χ0) is 14.9. The predicted molar refractivity (Wildman–Crippen MR) is 74.7 cm³/mol. The highest BCUT2D eigenvalue weighted by Crippen LogP contribution is 2.30. The average Bonchev–Trinajstić information content (AvgIpc) is 2.32. The van der Waals surface area contributed by atoms with E-state index in [4.69, 9.17) is 5.73 Å². The van der Waals surface area contributed by atoms with Gasteiger partial charge in [-0.05, 0) is 24.8 Å². The molecule has 1 aliphatic rings. The first kappa shape index (κ1) is 14.7. The molecular formula is C12H17N3O4S. The second-order valence-electron chi connectivity index (χ2n) is 5.06. The molecule has 1 aromatic carbocycles. The second kappa shape index (κ2) is 5.37. The number of nitrogens with zero attached hydrogens (tertiary/aromatic N) is 2. The zero-order valence-corrected chi connectivity index (χ0v) is 12.0. The van der Waals surface area contributed by atoms with Crippen LogP contribution in [-0.2, 0) is 10.0 Å². The van der Waals surface area contributed by atoms with E-state index in [1.54, 1.807) is 0 Å². The van der Waals surface area contributed by atoms with Gasteiger partial charge < -0.3 is 5.73 Å². The van der Waals surface area contributed by atoms with E-state index in [0.29, 0.717) is 12.5 Å². The molecule has 0 radical (unpaired) electrons. The summed E-state index contributed by atoms with van der Waals surface area (Å²) in [5.74, 6) is 0.397. The van der Waals surface area contributed by atoms with Crippen LogP contribution in [0.2, 0.25) is 0 Å². The quantitative estimate of drug-likeness (QED) is 0.505. The Morgan fingerprint density at radius 1 is 1.45 bits per heavy atom. The molecule has 0 aliphatic heterocycles. The molecule has 0 unspecified atom stereocenters. The van der Waals surface area contributed by atoms with Crippen molar-refractivity contribution in [3.8, 4) is 0 Å². The molecule has 2 rings (SSSR count). The van der Waals surface area contributed by atoms with Crippen molar-refractivity contribution in [1.82, 2.24) is 4.31 Å². The number of non-ortho nitro benzene ring substituents is 1. The summed E-state index contributed by atoms with van der Waals surface area (Å²) >= 11 is 0. The van der Waals surface area contributed by atoms with Crippen molar-refractivity contribution >= 4 is 21.4 Å². The standard InChI is InChI=1S/C12H17N3O4S/c1-14(8-9-3-2-4-9)20(18,19)12-6-5-10(15(16)17)7-11(12)13/h5-7,9H,2-4,8,13H2,1H3. The van der Waals surface area contributed by atoms with E-state index in [1.807, 2.05) is 0 Å². The van der Waals surface area contributed by atoms with Crippen LogP contribution in [0.4, 0.5) is 11.4 Å². The maximum Gasteiger partial charge on any atom is 0.271 e. The third-order valence-corrected chi connectivity index (χ3v) is 5.53. The van der Waals surface area contributed by atoms with Gasteiger partial charge >= 0.3 is 0 Å². The summed E-state index contributed by atoms with van der Waals surface area (Å²) < 4.78 is 26.0. The Morgan fingerprint density at radius 2 is 2.10 bits per heavy atom. The number of nitrogens with two attached hydrogens (primary N) is 1. The number of hydrogen-bond donors (Lipinski definition) is 1. The minimum absolute atomic E-state index is 0.0788. The number of rotatable bonds is 5. The summed E-state index contributed by atoms with van der Waals surface area (Å²) in [7, 11) is -2.19. The van der Waals surface area contributed by atoms with Gasteiger partial charge in [0.05, 0.1) is 10.6 Å². The van der Waals surface area contributed by atoms with Gasteiger partial charge in [-0.3, -0.25) is 10.1 Å². The van der Waals surface area contributed by atoms with Gasteiger partial charge in [-0.1, -0.05) is 6.42 Å². The first-order valence-corrected chi connectivity index (χ1v) is 7.76. The van der Waals surface area contributed by atoms with Crippen LogP contribution in [0.25, 0.3) is 0 Å². The summed E-state index contributed by atoms with van der Waals surface area (Å²) in [6.45, 7) is 0.457. The van der Waals surface area contributed by atoms with E-state index >= 15 is 0 Å². The van der Waals surface area contributed by atoms with E-state index in [-0.39, 0.29) is 16.3 Å². The fourth-order valence-electron chi connectivity index (χ4n) is 2.19. The van der Waals surface area contributed by atoms with E-state index in [1.165, 1.54) is 17.4 Å². The third kappa shape index (κ3) is 2.75. The fraction of sp³-hybridized carbons (Fsp3) is 0.500. The van der Waals surface area contributed by atoms with Crippen molar-refractivity contribution in [2.45, 2.75) is 24.2 Å². The molecule has 7 nitrogen and oxygen atoms in total. The van der Waals surface area contributed by atoms with Gasteiger partial charge in [0.1, 0.15) is 4.90 Å². The Balaban J connectivity index is 2.26. The molecule has 110 valence electrons. The van der Waals surface area contributed by atoms with Crippen LogP contribution < -0.4 is 5.73 Å². The summed E-state index contributed by atoms with van der Waals surface area (Å²) in [5, 5.41) is 10.6. The molecule has 1 aliphatic carbocycles. The molecule has 1 aromatic rings. The first-order chi connectivity index (χ1) is 9.32. The summed E-state index contributed by atoms with van der Waals surface area (Å²) in [6.07, 6.45) is 3.21. The molecule has 20 heavy (non-hydrogen) atoms. The van der Waals surface area contributed by atoms with Crippen LogP contribution in [-0.4, -0.2) is 31.2 Å². The number of benzene rings is 1. The molecule has 0 heterocycles. The lowest BCUT2D eigenvalue weighted by Gasteiger charge is -2.29. The van der Waals surface area contributed by atoms with Gasteiger partial charge in [0.25, 0.3) is 5.69 Å². The molecule has 0 amide bonds. The van der Waals surface area contributed by atoms with Crippen molar-refractivity contribution in [2.24, 2.45) is 5.92 Å². The van der Waals surface area contributed by atoms with Crippen molar-refractivity contribution in [3.05, 3.63) is 28.3 Å².